The van der Waals surface area contributed by atoms with Crippen molar-refractivity contribution in [2.45, 2.75) is 44.7 Å². The first-order valence-corrected chi connectivity index (χ1v) is 6.28. The van der Waals surface area contributed by atoms with E-state index in [9.17, 15) is 0 Å². The number of fused-ring (bicyclic) bond motifs is 1. The summed E-state index contributed by atoms with van der Waals surface area (Å²) in [6.07, 6.45) is 5.99. The first kappa shape index (κ1) is 15.9. The molecule has 3 aliphatic heterocycles. The average molecular weight is 285 g/mol. The smallest absolute Gasteiger partial charge is 0.109 e. The van der Waals surface area contributed by atoms with E-state index in [1.165, 1.54) is 0 Å². The number of H-pyrrole nitrogens is 1. The third-order valence-electron chi connectivity index (χ3n) is 3.55. The van der Waals surface area contributed by atoms with Gasteiger partial charge in [0.15, 0.2) is 0 Å². The molecule has 1 saturated heterocycles. The number of hydrogen-bond acceptors (Lipinski definition) is 3. The van der Waals surface area contributed by atoms with E-state index in [2.05, 4.69) is 34.1 Å². The summed E-state index contributed by atoms with van der Waals surface area (Å²) in [5, 5.41) is 3.56. The van der Waals surface area contributed by atoms with Crippen LogP contribution in [0, 0.1) is 0 Å². The highest BCUT2D eigenvalue weighted by molar-refractivity contribution is 5.85. The maximum Gasteiger partial charge on any atom is 0.109 e. The highest BCUT2D eigenvalue weighted by Crippen LogP contribution is 2.29. The molecule has 2 unspecified atom stereocenters. The SMILES string of the molecule is CC1CC(c2ncc3nccc-3[nH]2)CC(C)N1.Cl.O. The van der Waals surface area contributed by atoms with Crippen LogP contribution in [0.2, 0.25) is 0 Å². The van der Waals surface area contributed by atoms with E-state index < -0.39 is 0 Å². The van der Waals surface area contributed by atoms with Crippen LogP contribution < -0.4 is 5.32 Å². The minimum absolute atomic E-state index is 0. The number of hydrogen-bond donors (Lipinski definition) is 2. The fourth-order valence-electron chi connectivity index (χ4n) is 2.86. The molecule has 19 heavy (non-hydrogen) atoms. The van der Waals surface area contributed by atoms with Gasteiger partial charge in [-0.2, -0.15) is 0 Å². The predicted molar refractivity (Wildman–Crippen MR) is 77.9 cm³/mol. The van der Waals surface area contributed by atoms with Crippen LogP contribution in [0.15, 0.2) is 18.5 Å². The fourth-order valence-corrected chi connectivity index (χ4v) is 2.86. The first-order valence-electron chi connectivity index (χ1n) is 6.28. The first-order chi connectivity index (χ1) is 8.22. The van der Waals surface area contributed by atoms with Crippen molar-refractivity contribution in [2.24, 2.45) is 0 Å². The molecule has 3 aliphatic rings. The second-order valence-electron chi connectivity index (χ2n) is 5.15. The number of halogens is 1. The molecule has 0 aromatic carbocycles. The van der Waals surface area contributed by atoms with Crippen molar-refractivity contribution in [3.8, 4) is 11.4 Å². The van der Waals surface area contributed by atoms with E-state index in [1.807, 2.05) is 18.5 Å². The van der Waals surface area contributed by atoms with Gasteiger partial charge in [0, 0.05) is 24.2 Å². The zero-order valence-electron chi connectivity index (χ0n) is 11.2. The summed E-state index contributed by atoms with van der Waals surface area (Å²) in [6, 6.07) is 3.13. The van der Waals surface area contributed by atoms with Gasteiger partial charge in [-0.25, -0.2) is 4.98 Å². The van der Waals surface area contributed by atoms with E-state index in [0.717, 1.165) is 30.1 Å². The predicted octanol–water partition coefficient (Wildman–Crippen LogP) is 1.75. The maximum atomic E-state index is 4.53. The largest absolute Gasteiger partial charge is 0.412 e. The van der Waals surface area contributed by atoms with Crippen LogP contribution >= 0.6 is 12.4 Å². The Balaban J connectivity index is 0.000000902. The lowest BCUT2D eigenvalue weighted by Crippen LogP contribution is -2.41. The van der Waals surface area contributed by atoms with Gasteiger partial charge in [-0.1, -0.05) is 0 Å². The van der Waals surface area contributed by atoms with Crippen LogP contribution in [0.25, 0.3) is 11.4 Å². The van der Waals surface area contributed by atoms with Gasteiger partial charge < -0.3 is 15.8 Å². The van der Waals surface area contributed by atoms with E-state index in [4.69, 9.17) is 0 Å². The molecule has 0 aliphatic carbocycles. The van der Waals surface area contributed by atoms with E-state index in [0.29, 0.717) is 18.0 Å². The number of rotatable bonds is 1. The molecule has 3 heterocycles. The Morgan fingerprint density at radius 2 is 1.84 bits per heavy atom. The van der Waals surface area contributed by atoms with Crippen LogP contribution in [-0.4, -0.2) is 32.5 Å². The highest BCUT2D eigenvalue weighted by atomic mass is 35.5. The average Bonchev–Trinajstić information content (AvgIpc) is 2.74. The molecule has 0 aromatic rings. The Morgan fingerprint density at radius 3 is 2.53 bits per heavy atom. The topological polar surface area (TPSA) is 85.1 Å². The molecule has 0 bridgehead atoms. The second-order valence-corrected chi connectivity index (χ2v) is 5.15. The van der Waals surface area contributed by atoms with Crippen molar-refractivity contribution in [3.05, 3.63) is 24.3 Å². The van der Waals surface area contributed by atoms with Gasteiger partial charge in [0.1, 0.15) is 11.5 Å². The number of nitrogens with zero attached hydrogens (tertiary/aromatic N) is 2. The summed E-state index contributed by atoms with van der Waals surface area (Å²) in [7, 11) is 0. The summed E-state index contributed by atoms with van der Waals surface area (Å²) in [5.74, 6) is 1.63. The molecule has 0 spiro atoms. The summed E-state index contributed by atoms with van der Waals surface area (Å²) in [4.78, 5) is 12.2. The molecule has 0 amide bonds. The number of nitrogens with one attached hydrogen (secondary N) is 2. The Labute approximate surface area is 119 Å². The second kappa shape index (κ2) is 6.32. The quantitative estimate of drug-likeness (QED) is 0.836. The van der Waals surface area contributed by atoms with Crippen molar-refractivity contribution in [1.82, 2.24) is 20.3 Å². The maximum absolute atomic E-state index is 4.53. The standard InChI is InChI=1S/C13H18N4.ClH.H2O/c1-8-5-10(6-9(2)16-8)13-15-7-12-11(17-13)3-4-14-12;;/h3-4,7-10,16H,5-6H2,1-2H3,(H,15,17);1H;1H2. The Morgan fingerprint density at radius 1 is 1.16 bits per heavy atom. The highest BCUT2D eigenvalue weighted by Gasteiger charge is 2.26. The molecule has 3 rings (SSSR count). The molecule has 4 N–H and O–H groups in total. The van der Waals surface area contributed by atoms with E-state index >= 15 is 0 Å². The van der Waals surface area contributed by atoms with Gasteiger partial charge in [0.2, 0.25) is 0 Å². The summed E-state index contributed by atoms with van der Waals surface area (Å²) >= 11 is 0. The molecular formula is C13H21ClN4O. The Kier molecular flexibility index (Phi) is 5.29. The molecule has 0 saturated carbocycles. The third-order valence-corrected chi connectivity index (χ3v) is 3.55. The number of aromatic amines is 1. The van der Waals surface area contributed by atoms with Gasteiger partial charge in [-0.05, 0) is 32.8 Å². The lowest BCUT2D eigenvalue weighted by atomic mass is 9.88. The normalized spacial score (nSPS) is 26.5. The summed E-state index contributed by atoms with van der Waals surface area (Å²) in [6.45, 7) is 4.48. The van der Waals surface area contributed by atoms with Crippen molar-refractivity contribution in [3.63, 3.8) is 0 Å². The van der Waals surface area contributed by atoms with Gasteiger partial charge in [0.05, 0.1) is 11.9 Å². The van der Waals surface area contributed by atoms with E-state index in [1.54, 1.807) is 0 Å². The van der Waals surface area contributed by atoms with Gasteiger partial charge in [-0.3, -0.25) is 4.98 Å². The molecule has 106 valence electrons. The van der Waals surface area contributed by atoms with Crippen molar-refractivity contribution in [2.75, 3.05) is 0 Å². The van der Waals surface area contributed by atoms with Crippen molar-refractivity contribution < 1.29 is 5.48 Å². The van der Waals surface area contributed by atoms with E-state index in [-0.39, 0.29) is 17.9 Å². The third kappa shape index (κ3) is 3.23. The molecule has 0 aromatic heterocycles. The minimum atomic E-state index is 0. The van der Waals surface area contributed by atoms with Crippen LogP contribution in [0.5, 0.6) is 0 Å². The molecule has 5 nitrogen and oxygen atoms in total. The van der Waals surface area contributed by atoms with Crippen LogP contribution in [-0.2, 0) is 0 Å². The monoisotopic (exact) mass is 284 g/mol. The molecule has 2 atom stereocenters. The van der Waals surface area contributed by atoms with Gasteiger partial charge in [0.25, 0.3) is 0 Å². The molecule has 6 heteroatoms. The number of aromatic nitrogens is 3. The Bertz CT molecular complexity index is 479. The fraction of sp³-hybridized carbons (Fsp3) is 0.538. The minimum Gasteiger partial charge on any atom is -0.412 e. The zero-order valence-corrected chi connectivity index (χ0v) is 12.0. The Hall–Kier alpha value is -1.17. The van der Waals surface area contributed by atoms with Gasteiger partial charge >= 0.3 is 0 Å². The van der Waals surface area contributed by atoms with Crippen LogP contribution in [0.1, 0.15) is 38.4 Å². The molecule has 1 fully saturated rings. The summed E-state index contributed by atoms with van der Waals surface area (Å²) < 4.78 is 0. The molecule has 0 radical (unpaired) electrons. The lowest BCUT2D eigenvalue weighted by molar-refractivity contribution is 0.309. The lowest BCUT2D eigenvalue weighted by Gasteiger charge is -2.32. The van der Waals surface area contributed by atoms with Crippen LogP contribution in [0.4, 0.5) is 0 Å². The molecular weight excluding hydrogens is 264 g/mol. The van der Waals surface area contributed by atoms with Crippen molar-refractivity contribution in [1.29, 1.82) is 0 Å². The van der Waals surface area contributed by atoms with Gasteiger partial charge in [-0.15, -0.1) is 12.4 Å². The summed E-state index contributed by atoms with van der Waals surface area (Å²) in [5.41, 5.74) is 2.04. The zero-order chi connectivity index (χ0) is 11.8. The number of piperidine rings is 1. The van der Waals surface area contributed by atoms with Crippen LogP contribution in [0.3, 0.4) is 0 Å². The van der Waals surface area contributed by atoms with Crippen molar-refractivity contribution >= 4 is 12.4 Å².